The van der Waals surface area contributed by atoms with Crippen LogP contribution in [0.15, 0.2) is 24.3 Å². The molecule has 3 nitrogen and oxygen atoms in total. The van der Waals surface area contributed by atoms with Crippen LogP contribution in [0.5, 0.6) is 0 Å². The highest BCUT2D eigenvalue weighted by Gasteiger charge is 2.54. The second-order valence-electron chi connectivity index (χ2n) is 6.98. The first-order valence-corrected chi connectivity index (χ1v) is 8.44. The van der Waals surface area contributed by atoms with Gasteiger partial charge in [0.1, 0.15) is 0 Å². The van der Waals surface area contributed by atoms with Crippen LogP contribution in [-0.2, 0) is 11.3 Å². The lowest BCUT2D eigenvalue weighted by Crippen LogP contribution is -2.16. The number of anilines is 1. The van der Waals surface area contributed by atoms with E-state index in [2.05, 4.69) is 22.8 Å². The predicted octanol–water partition coefficient (Wildman–Crippen LogP) is 3.31. The summed E-state index contributed by atoms with van der Waals surface area (Å²) in [6.45, 7) is 0.936. The van der Waals surface area contributed by atoms with Crippen molar-refractivity contribution >= 4 is 11.6 Å². The van der Waals surface area contributed by atoms with Crippen LogP contribution in [0.4, 0.5) is 5.69 Å². The number of fused-ring (bicyclic) bond motifs is 1. The summed E-state index contributed by atoms with van der Waals surface area (Å²) in [5.41, 5.74) is 2.24. The number of hydrogen-bond donors (Lipinski definition) is 2. The van der Waals surface area contributed by atoms with Crippen molar-refractivity contribution in [1.29, 1.82) is 0 Å². The van der Waals surface area contributed by atoms with E-state index in [1.807, 2.05) is 12.1 Å². The molecule has 0 radical (unpaired) electrons. The van der Waals surface area contributed by atoms with Crippen molar-refractivity contribution in [3.8, 4) is 0 Å². The fraction of sp³-hybridized carbons (Fsp3) is 0.611. The molecule has 3 aliphatic rings. The van der Waals surface area contributed by atoms with Gasteiger partial charge < -0.3 is 10.6 Å². The number of rotatable bonds is 5. The lowest BCUT2D eigenvalue weighted by atomic mass is 10.0. The molecule has 3 saturated carbocycles. The lowest BCUT2D eigenvalue weighted by molar-refractivity contribution is -0.117. The van der Waals surface area contributed by atoms with E-state index in [1.165, 1.54) is 44.1 Å². The van der Waals surface area contributed by atoms with Gasteiger partial charge in [-0.05, 0) is 55.2 Å². The van der Waals surface area contributed by atoms with Crippen LogP contribution in [0.1, 0.15) is 44.1 Å². The van der Waals surface area contributed by atoms with E-state index in [0.717, 1.165) is 18.3 Å². The van der Waals surface area contributed by atoms with E-state index >= 15 is 0 Å². The minimum Gasteiger partial charge on any atom is -0.326 e. The second kappa shape index (κ2) is 5.45. The summed E-state index contributed by atoms with van der Waals surface area (Å²) >= 11 is 0. The Morgan fingerprint density at radius 3 is 2.29 bits per heavy atom. The molecular weight excluding hydrogens is 260 g/mol. The number of amides is 1. The maximum Gasteiger partial charge on any atom is 0.228 e. The van der Waals surface area contributed by atoms with E-state index in [-0.39, 0.29) is 5.91 Å². The maximum atomic E-state index is 12.3. The van der Waals surface area contributed by atoms with E-state index in [1.54, 1.807) is 0 Å². The molecule has 2 atom stereocenters. The van der Waals surface area contributed by atoms with Gasteiger partial charge in [0.05, 0.1) is 0 Å². The smallest absolute Gasteiger partial charge is 0.228 e. The van der Waals surface area contributed by atoms with E-state index in [4.69, 9.17) is 0 Å². The fourth-order valence-electron chi connectivity index (χ4n) is 3.86. The van der Waals surface area contributed by atoms with Crippen LogP contribution < -0.4 is 10.6 Å². The van der Waals surface area contributed by atoms with E-state index < -0.39 is 0 Å². The van der Waals surface area contributed by atoms with Gasteiger partial charge in [0.2, 0.25) is 5.91 Å². The molecule has 1 aromatic rings. The highest BCUT2D eigenvalue weighted by atomic mass is 16.2. The third kappa shape index (κ3) is 2.98. The van der Waals surface area contributed by atoms with Crippen molar-refractivity contribution in [3.63, 3.8) is 0 Å². The number of carbonyl (C=O) groups excluding carboxylic acids is 1. The number of nitrogens with one attached hydrogen (secondary N) is 2. The lowest BCUT2D eigenvalue weighted by Gasteiger charge is -2.07. The monoisotopic (exact) mass is 284 g/mol. The molecule has 1 aromatic carbocycles. The predicted molar refractivity (Wildman–Crippen MR) is 83.9 cm³/mol. The zero-order chi connectivity index (χ0) is 14.2. The summed E-state index contributed by atoms with van der Waals surface area (Å²) in [7, 11) is 0. The highest BCUT2D eigenvalue weighted by molar-refractivity contribution is 5.94. The molecule has 2 N–H and O–H groups in total. The molecule has 21 heavy (non-hydrogen) atoms. The fourth-order valence-corrected chi connectivity index (χ4v) is 3.86. The van der Waals surface area contributed by atoms with Crippen LogP contribution in [0.3, 0.4) is 0 Å². The van der Waals surface area contributed by atoms with E-state index in [9.17, 15) is 4.79 Å². The van der Waals surface area contributed by atoms with Gasteiger partial charge in [-0.3, -0.25) is 4.79 Å². The van der Waals surface area contributed by atoms with Crippen molar-refractivity contribution in [1.82, 2.24) is 5.32 Å². The maximum absolute atomic E-state index is 12.3. The molecule has 0 spiro atoms. The van der Waals surface area contributed by atoms with Crippen LogP contribution in [-0.4, -0.2) is 11.9 Å². The molecule has 3 heteroatoms. The minimum absolute atomic E-state index is 0.246. The van der Waals surface area contributed by atoms with Gasteiger partial charge in [0, 0.05) is 24.2 Å². The Balaban J connectivity index is 1.30. The first-order valence-electron chi connectivity index (χ1n) is 8.44. The number of hydrogen-bond acceptors (Lipinski definition) is 2. The van der Waals surface area contributed by atoms with Gasteiger partial charge in [-0.25, -0.2) is 0 Å². The van der Waals surface area contributed by atoms with Crippen LogP contribution in [0.25, 0.3) is 0 Å². The zero-order valence-corrected chi connectivity index (χ0v) is 12.5. The summed E-state index contributed by atoms with van der Waals surface area (Å²) in [6.07, 6.45) is 7.78. The number of carbonyl (C=O) groups is 1. The van der Waals surface area contributed by atoms with Gasteiger partial charge in [0.25, 0.3) is 0 Å². The average molecular weight is 284 g/mol. The molecule has 3 aliphatic carbocycles. The molecule has 0 aliphatic heterocycles. The molecule has 0 heterocycles. The molecule has 0 aromatic heterocycles. The summed E-state index contributed by atoms with van der Waals surface area (Å²) in [4.78, 5) is 12.3. The minimum atomic E-state index is 0.246. The molecule has 0 saturated heterocycles. The molecule has 3 fully saturated rings. The Morgan fingerprint density at radius 2 is 1.67 bits per heavy atom. The van der Waals surface area contributed by atoms with Crippen molar-refractivity contribution in [2.45, 2.75) is 51.1 Å². The normalized spacial score (nSPS) is 30.6. The second-order valence-corrected chi connectivity index (χ2v) is 6.98. The Morgan fingerprint density at radius 1 is 1.00 bits per heavy atom. The SMILES string of the molecule is O=C(Nc1ccc(CNC2CC2)cc1)C1C2CCCCC21. The van der Waals surface area contributed by atoms with Crippen molar-refractivity contribution < 1.29 is 4.79 Å². The largest absolute Gasteiger partial charge is 0.326 e. The molecule has 0 bridgehead atoms. The standard InChI is InChI=1S/C18H24N2O/c21-18(17-15-3-1-2-4-16(15)17)20-14-7-5-12(6-8-14)11-19-13-9-10-13/h5-8,13,15-17,19H,1-4,9-11H2,(H,20,21). The Kier molecular flexibility index (Phi) is 3.46. The Bertz CT molecular complexity index is 509. The van der Waals surface area contributed by atoms with Gasteiger partial charge >= 0.3 is 0 Å². The van der Waals surface area contributed by atoms with Crippen LogP contribution in [0, 0.1) is 17.8 Å². The highest BCUT2D eigenvalue weighted by Crippen LogP contribution is 2.55. The van der Waals surface area contributed by atoms with Crippen LogP contribution in [0.2, 0.25) is 0 Å². The van der Waals surface area contributed by atoms with E-state index in [0.29, 0.717) is 17.8 Å². The molecule has 112 valence electrons. The summed E-state index contributed by atoms with van der Waals surface area (Å²) in [5.74, 6) is 1.90. The summed E-state index contributed by atoms with van der Waals surface area (Å²) < 4.78 is 0. The third-order valence-corrected chi connectivity index (χ3v) is 5.35. The number of benzene rings is 1. The molecular formula is C18H24N2O. The first-order chi connectivity index (χ1) is 10.3. The summed E-state index contributed by atoms with van der Waals surface area (Å²) in [5, 5.41) is 6.61. The molecule has 2 unspecified atom stereocenters. The van der Waals surface area contributed by atoms with Crippen LogP contribution >= 0.6 is 0 Å². The van der Waals surface area contributed by atoms with Gasteiger partial charge in [0.15, 0.2) is 0 Å². The quantitative estimate of drug-likeness (QED) is 0.871. The topological polar surface area (TPSA) is 41.1 Å². The van der Waals surface area contributed by atoms with Gasteiger partial charge in [-0.1, -0.05) is 25.0 Å². The van der Waals surface area contributed by atoms with Crippen molar-refractivity contribution in [2.24, 2.45) is 17.8 Å². The molecule has 4 rings (SSSR count). The third-order valence-electron chi connectivity index (χ3n) is 5.35. The molecule has 1 amide bonds. The first kappa shape index (κ1) is 13.3. The summed E-state index contributed by atoms with van der Waals surface area (Å²) in [6, 6.07) is 9.04. The van der Waals surface area contributed by atoms with Crippen molar-refractivity contribution in [3.05, 3.63) is 29.8 Å². The zero-order valence-electron chi connectivity index (χ0n) is 12.5. The van der Waals surface area contributed by atoms with Gasteiger partial charge in [-0.15, -0.1) is 0 Å². The Labute approximate surface area is 126 Å². The van der Waals surface area contributed by atoms with Crippen molar-refractivity contribution in [2.75, 3.05) is 5.32 Å². The Hall–Kier alpha value is -1.35. The average Bonchev–Trinajstić information content (AvgIpc) is 3.40. The van der Waals surface area contributed by atoms with Gasteiger partial charge in [-0.2, -0.15) is 0 Å².